The topological polar surface area (TPSA) is 160 Å². The predicted molar refractivity (Wildman–Crippen MR) is 164 cm³/mol. The number of pyridine rings is 1. The van der Waals surface area contributed by atoms with E-state index in [0.29, 0.717) is 37.0 Å². The van der Waals surface area contributed by atoms with Gasteiger partial charge in [-0.2, -0.15) is 5.26 Å². The van der Waals surface area contributed by atoms with Crippen molar-refractivity contribution in [3.05, 3.63) is 95.1 Å². The normalized spacial score (nSPS) is 16.1. The van der Waals surface area contributed by atoms with E-state index in [2.05, 4.69) is 30.9 Å². The van der Waals surface area contributed by atoms with E-state index in [1.54, 1.807) is 25.3 Å². The molecular weight excluding hydrogens is 563 g/mol. The number of benzene rings is 2. The average Bonchev–Trinajstić information content (AvgIpc) is 3.38. The van der Waals surface area contributed by atoms with Gasteiger partial charge in [0.05, 0.1) is 35.7 Å². The van der Waals surface area contributed by atoms with Crippen LogP contribution in [-0.2, 0) is 16.0 Å². The van der Waals surface area contributed by atoms with Crippen LogP contribution in [0.5, 0.6) is 0 Å². The van der Waals surface area contributed by atoms with Gasteiger partial charge in [0.1, 0.15) is 23.8 Å². The molecule has 1 aliphatic heterocycles. The van der Waals surface area contributed by atoms with Crippen LogP contribution in [0.4, 0.5) is 21.8 Å². The maximum absolute atomic E-state index is 13.3. The lowest BCUT2D eigenvalue weighted by molar-refractivity contribution is -0.136. The first-order chi connectivity index (χ1) is 21.1. The van der Waals surface area contributed by atoms with Crippen LogP contribution in [0.3, 0.4) is 0 Å². The first-order valence-corrected chi connectivity index (χ1v) is 14.1. The maximum atomic E-state index is 13.3. The van der Waals surface area contributed by atoms with Gasteiger partial charge in [0.25, 0.3) is 5.91 Å². The monoisotopic (exact) mass is 596 g/mol. The van der Waals surface area contributed by atoms with Gasteiger partial charge in [-0.15, -0.1) is 0 Å². The second-order valence-corrected chi connectivity index (χ2v) is 10.8. The summed E-state index contributed by atoms with van der Waals surface area (Å²) < 4.78 is 24.8. The van der Waals surface area contributed by atoms with Crippen LogP contribution >= 0.6 is 0 Å². The Bertz CT molecular complexity index is 1670. The molecule has 1 fully saturated rings. The quantitative estimate of drug-likeness (QED) is 0.200. The van der Waals surface area contributed by atoms with Crippen LogP contribution in [-0.4, -0.2) is 45.9 Å². The van der Waals surface area contributed by atoms with Gasteiger partial charge in [-0.05, 0) is 50.1 Å². The molecule has 5 rings (SSSR count). The fraction of sp³-hybridized carbons (Fsp3) is 0.281. The van der Waals surface area contributed by atoms with Crippen molar-refractivity contribution in [3.63, 3.8) is 0 Å². The summed E-state index contributed by atoms with van der Waals surface area (Å²) in [6.07, 6.45) is 2.89. The van der Waals surface area contributed by atoms with Gasteiger partial charge >= 0.3 is 0 Å². The predicted octanol–water partition coefficient (Wildman–Crippen LogP) is 4.80. The lowest BCUT2D eigenvalue weighted by atomic mass is 10.1. The molecule has 11 nitrogen and oxygen atoms in total. The number of anilines is 3. The van der Waals surface area contributed by atoms with Gasteiger partial charge in [0.2, 0.25) is 0 Å². The van der Waals surface area contributed by atoms with Crippen molar-refractivity contribution in [1.82, 2.24) is 20.3 Å². The molecule has 2 unspecified atom stereocenters. The van der Waals surface area contributed by atoms with E-state index in [-0.39, 0.29) is 28.9 Å². The fourth-order valence-corrected chi connectivity index (χ4v) is 4.67. The van der Waals surface area contributed by atoms with Crippen LogP contribution < -0.4 is 21.7 Å². The molecule has 44 heavy (non-hydrogen) atoms. The van der Waals surface area contributed by atoms with Crippen molar-refractivity contribution in [2.24, 2.45) is 0 Å². The number of carbonyl (C=O) groups is 1. The minimum Gasteiger partial charge on any atom is -0.381 e. The van der Waals surface area contributed by atoms with Crippen LogP contribution in [0.25, 0.3) is 11.3 Å². The number of amides is 1. The Kier molecular flexibility index (Phi) is 8.99. The maximum Gasteiger partial charge on any atom is 0.255 e. The fourth-order valence-electron chi connectivity index (χ4n) is 4.67. The molecule has 12 heteroatoms. The number of nitrogens with two attached hydrogens (primary N) is 1. The van der Waals surface area contributed by atoms with Crippen molar-refractivity contribution >= 4 is 23.4 Å². The molecule has 2 aromatic carbocycles. The zero-order chi connectivity index (χ0) is 31.3. The molecule has 3 heterocycles. The van der Waals surface area contributed by atoms with Crippen LogP contribution in [0.1, 0.15) is 53.9 Å². The van der Waals surface area contributed by atoms with Crippen LogP contribution in [0.2, 0.25) is 0 Å². The number of nitrogens with one attached hydrogen (secondary N) is 3. The zero-order valence-corrected chi connectivity index (χ0v) is 24.6. The third-order valence-electron chi connectivity index (χ3n) is 7.05. The number of aromatic nitrogens is 3. The highest BCUT2D eigenvalue weighted by molar-refractivity contribution is 5.99. The average molecular weight is 597 g/mol. The Hall–Kier alpha value is -5.12. The molecule has 0 spiro atoms. The van der Waals surface area contributed by atoms with E-state index in [0.717, 1.165) is 16.7 Å². The smallest absolute Gasteiger partial charge is 0.255 e. The molecule has 1 aliphatic rings. The third-order valence-corrected chi connectivity index (χ3v) is 7.05. The van der Waals surface area contributed by atoms with Gasteiger partial charge in [-0.3, -0.25) is 4.79 Å². The molecule has 4 aromatic rings. The number of nitriles is 1. The number of halogens is 1. The molecule has 2 atom stereocenters. The van der Waals surface area contributed by atoms with E-state index in [9.17, 15) is 14.4 Å². The molecule has 1 saturated heterocycles. The summed E-state index contributed by atoms with van der Waals surface area (Å²) in [6, 6.07) is 16.7. The van der Waals surface area contributed by atoms with E-state index in [1.165, 1.54) is 24.4 Å². The number of ether oxygens (including phenoxy) is 2. The molecule has 0 aliphatic carbocycles. The van der Waals surface area contributed by atoms with Crippen molar-refractivity contribution in [2.45, 2.75) is 45.2 Å². The summed E-state index contributed by atoms with van der Waals surface area (Å²) >= 11 is 0. The molecule has 1 amide bonds. The van der Waals surface area contributed by atoms with E-state index in [4.69, 9.17) is 15.2 Å². The SMILES string of the molecule is CC(NC(=O)c1cc(C#N)cnc1NCc1ccc(-c2cnc(N)c(NCC3COC(C)(C)O3)n2)cc1)c1ccc(F)cc1. The summed E-state index contributed by atoms with van der Waals surface area (Å²) in [5.74, 6) is -0.298. The lowest BCUT2D eigenvalue weighted by Crippen LogP contribution is -2.28. The van der Waals surface area contributed by atoms with Crippen LogP contribution in [0.15, 0.2) is 67.0 Å². The highest BCUT2D eigenvalue weighted by Gasteiger charge is 2.32. The third kappa shape index (κ3) is 7.44. The van der Waals surface area contributed by atoms with Gasteiger partial charge in [-0.1, -0.05) is 36.4 Å². The number of hydrogen-bond acceptors (Lipinski definition) is 10. The Morgan fingerprint density at radius 3 is 2.55 bits per heavy atom. The van der Waals surface area contributed by atoms with Gasteiger partial charge < -0.3 is 31.2 Å². The summed E-state index contributed by atoms with van der Waals surface area (Å²) in [7, 11) is 0. The second-order valence-electron chi connectivity index (χ2n) is 10.8. The number of rotatable bonds is 10. The summed E-state index contributed by atoms with van der Waals surface area (Å²) in [5, 5.41) is 18.7. The second kappa shape index (κ2) is 13.0. The van der Waals surface area contributed by atoms with Crippen molar-refractivity contribution in [3.8, 4) is 17.3 Å². The molecule has 2 aromatic heterocycles. The minimum absolute atomic E-state index is 0.128. The van der Waals surface area contributed by atoms with Gasteiger partial charge in [-0.25, -0.2) is 19.3 Å². The molecule has 0 radical (unpaired) electrons. The number of hydrogen-bond donors (Lipinski definition) is 4. The summed E-state index contributed by atoms with van der Waals surface area (Å²) in [5.41, 5.74) is 9.70. The van der Waals surface area contributed by atoms with Gasteiger partial charge in [0.15, 0.2) is 17.4 Å². The Morgan fingerprint density at radius 1 is 1.11 bits per heavy atom. The van der Waals surface area contributed by atoms with Gasteiger partial charge in [0, 0.05) is 24.8 Å². The first kappa shape index (κ1) is 30.3. The first-order valence-electron chi connectivity index (χ1n) is 14.1. The largest absolute Gasteiger partial charge is 0.381 e. The zero-order valence-electron chi connectivity index (χ0n) is 24.6. The van der Waals surface area contributed by atoms with E-state index < -0.39 is 17.7 Å². The minimum atomic E-state index is -0.615. The highest BCUT2D eigenvalue weighted by atomic mass is 19.1. The molecule has 5 N–H and O–H groups in total. The molecule has 0 saturated carbocycles. The van der Waals surface area contributed by atoms with Crippen molar-refractivity contribution < 1.29 is 18.7 Å². The number of nitrogens with zero attached hydrogens (tertiary/aromatic N) is 4. The van der Waals surface area contributed by atoms with E-state index in [1.807, 2.05) is 44.2 Å². The van der Waals surface area contributed by atoms with Crippen LogP contribution in [0, 0.1) is 17.1 Å². The Balaban J connectivity index is 1.24. The molecule has 0 bridgehead atoms. The summed E-state index contributed by atoms with van der Waals surface area (Å²) in [6.45, 7) is 6.86. The lowest BCUT2D eigenvalue weighted by Gasteiger charge is -2.17. The van der Waals surface area contributed by atoms with E-state index >= 15 is 0 Å². The Labute approximate surface area is 254 Å². The number of nitrogen functional groups attached to an aromatic ring is 1. The summed E-state index contributed by atoms with van der Waals surface area (Å²) in [4.78, 5) is 26.4. The standard InChI is InChI=1S/C32H33FN8O3/c1-19(22-8-10-24(33)11-9-22)40-31(42)26-12-21(13-34)15-38-29(26)37-14-20-4-6-23(7-5-20)27-17-36-28(35)30(41-27)39-16-25-18-43-32(2,3)44-25/h4-12,15,17,19,25H,14,16,18H2,1-3H3,(H2,35,36)(H,37,38)(H,39,41)(H,40,42). The molecular formula is C32H33FN8O3. The number of carbonyl (C=O) groups excluding carboxylic acids is 1. The Morgan fingerprint density at radius 2 is 1.86 bits per heavy atom. The van der Waals surface area contributed by atoms with Crippen molar-refractivity contribution in [2.75, 3.05) is 29.5 Å². The highest BCUT2D eigenvalue weighted by Crippen LogP contribution is 2.25. The molecule has 226 valence electrons. The van der Waals surface area contributed by atoms with Crippen molar-refractivity contribution in [1.29, 1.82) is 5.26 Å².